The molecule has 4 nitrogen and oxygen atoms in total. The number of carbonyl (C=O) groups excluding carboxylic acids is 2. The number of amides is 1. The summed E-state index contributed by atoms with van der Waals surface area (Å²) in [7, 11) is 0. The first-order valence-electron chi connectivity index (χ1n) is 11.3. The van der Waals surface area contributed by atoms with E-state index in [1.54, 1.807) is 31.2 Å². The smallest absolute Gasteiger partial charge is 0.338 e. The van der Waals surface area contributed by atoms with Crippen molar-refractivity contribution in [2.75, 3.05) is 11.9 Å². The zero-order valence-corrected chi connectivity index (χ0v) is 19.6. The standard InChI is InChI=1S/C29H29NO3/c1-5-33-28(32)21-10-13-23(14-11-21)30-27(31)22-12-15-26-25(18-22)24(16-17-29(26,3)4)20-8-6-19(2)7-9-20/h6-16,18H,5,17H2,1-4H3,(H,30,31). The van der Waals surface area contributed by atoms with Gasteiger partial charge < -0.3 is 10.1 Å². The minimum absolute atomic E-state index is 0.00145. The first-order chi connectivity index (χ1) is 15.8. The minimum atomic E-state index is -0.372. The van der Waals surface area contributed by atoms with Gasteiger partial charge in [-0.2, -0.15) is 0 Å². The van der Waals surface area contributed by atoms with E-state index in [9.17, 15) is 9.59 Å². The van der Waals surface area contributed by atoms with E-state index in [1.165, 1.54) is 11.1 Å². The van der Waals surface area contributed by atoms with Gasteiger partial charge in [-0.25, -0.2) is 4.79 Å². The molecule has 0 saturated carbocycles. The van der Waals surface area contributed by atoms with Crippen LogP contribution >= 0.6 is 0 Å². The third-order valence-electron chi connectivity index (χ3n) is 6.13. The Bertz CT molecular complexity index is 1220. The summed E-state index contributed by atoms with van der Waals surface area (Å²) in [5, 5.41) is 2.94. The molecule has 1 aliphatic rings. The number of carbonyl (C=O) groups is 2. The van der Waals surface area contributed by atoms with Gasteiger partial charge in [0.15, 0.2) is 0 Å². The molecule has 0 aliphatic heterocycles. The van der Waals surface area contributed by atoms with Gasteiger partial charge in [-0.05, 0) is 84.3 Å². The second kappa shape index (κ2) is 9.07. The lowest BCUT2D eigenvalue weighted by Crippen LogP contribution is -2.23. The van der Waals surface area contributed by atoms with Crippen molar-refractivity contribution in [1.29, 1.82) is 0 Å². The Kier molecular flexibility index (Phi) is 6.19. The number of ether oxygens (including phenoxy) is 1. The zero-order chi connectivity index (χ0) is 23.6. The van der Waals surface area contributed by atoms with Gasteiger partial charge in [0.2, 0.25) is 0 Å². The van der Waals surface area contributed by atoms with Gasteiger partial charge >= 0.3 is 5.97 Å². The Morgan fingerprint density at radius 1 is 0.939 bits per heavy atom. The normalized spacial score (nSPS) is 14.1. The van der Waals surface area contributed by atoms with E-state index in [1.807, 2.05) is 12.1 Å². The maximum atomic E-state index is 13.0. The SMILES string of the molecule is CCOC(=O)c1ccc(NC(=O)c2ccc3c(c2)C(c2ccc(C)cc2)=CCC3(C)C)cc1. The molecule has 1 amide bonds. The molecule has 0 spiro atoms. The predicted molar refractivity (Wildman–Crippen MR) is 133 cm³/mol. The summed E-state index contributed by atoms with van der Waals surface area (Å²) in [6.45, 7) is 8.65. The lowest BCUT2D eigenvalue weighted by atomic mass is 9.72. The van der Waals surface area contributed by atoms with E-state index in [-0.39, 0.29) is 17.3 Å². The number of fused-ring (bicyclic) bond motifs is 1. The first kappa shape index (κ1) is 22.5. The van der Waals surface area contributed by atoms with Gasteiger partial charge in [-0.3, -0.25) is 4.79 Å². The second-order valence-corrected chi connectivity index (χ2v) is 9.08. The zero-order valence-electron chi connectivity index (χ0n) is 19.6. The lowest BCUT2D eigenvalue weighted by Gasteiger charge is -2.32. The molecule has 3 aromatic carbocycles. The number of anilines is 1. The van der Waals surface area contributed by atoms with Crippen LogP contribution in [-0.4, -0.2) is 18.5 Å². The molecule has 0 heterocycles. The van der Waals surface area contributed by atoms with Crippen LogP contribution in [0, 0.1) is 6.92 Å². The molecule has 33 heavy (non-hydrogen) atoms. The number of rotatable bonds is 5. The van der Waals surface area contributed by atoms with E-state index in [0.29, 0.717) is 23.4 Å². The number of nitrogens with one attached hydrogen (secondary N) is 1. The molecule has 0 unspecified atom stereocenters. The number of aryl methyl sites for hydroxylation is 1. The highest BCUT2D eigenvalue weighted by molar-refractivity contribution is 6.05. The average molecular weight is 440 g/mol. The summed E-state index contributed by atoms with van der Waals surface area (Å²) in [5.74, 6) is -0.559. The summed E-state index contributed by atoms with van der Waals surface area (Å²) < 4.78 is 5.01. The maximum absolute atomic E-state index is 13.0. The molecule has 0 atom stereocenters. The largest absolute Gasteiger partial charge is 0.462 e. The molecule has 0 bridgehead atoms. The molecule has 1 aliphatic carbocycles. The molecular weight excluding hydrogens is 410 g/mol. The molecule has 4 rings (SSSR count). The summed E-state index contributed by atoms with van der Waals surface area (Å²) in [6.07, 6.45) is 3.23. The van der Waals surface area contributed by atoms with Crippen LogP contribution in [0.15, 0.2) is 72.8 Å². The van der Waals surface area contributed by atoms with Crippen LogP contribution in [0.2, 0.25) is 0 Å². The summed E-state index contributed by atoms with van der Waals surface area (Å²) >= 11 is 0. The summed E-state index contributed by atoms with van der Waals surface area (Å²) in [4.78, 5) is 24.9. The van der Waals surface area contributed by atoms with Gasteiger partial charge in [0.25, 0.3) is 5.91 Å². The molecule has 0 aromatic heterocycles. The summed E-state index contributed by atoms with van der Waals surface area (Å²) in [5.41, 5.74) is 7.57. The number of allylic oxidation sites excluding steroid dienone is 1. The molecule has 168 valence electrons. The van der Waals surface area contributed by atoms with Gasteiger partial charge in [0, 0.05) is 11.3 Å². The van der Waals surface area contributed by atoms with Crippen molar-refractivity contribution in [1.82, 2.24) is 0 Å². The summed E-state index contributed by atoms with van der Waals surface area (Å²) in [6, 6.07) is 21.2. The quantitative estimate of drug-likeness (QED) is 0.459. The van der Waals surface area contributed by atoms with Gasteiger partial charge in [-0.15, -0.1) is 0 Å². The molecule has 4 heteroatoms. The average Bonchev–Trinajstić information content (AvgIpc) is 2.80. The topological polar surface area (TPSA) is 55.4 Å². The minimum Gasteiger partial charge on any atom is -0.462 e. The van der Waals surface area contributed by atoms with Crippen LogP contribution in [0.1, 0.15) is 70.2 Å². The van der Waals surface area contributed by atoms with Crippen LogP contribution in [0.3, 0.4) is 0 Å². The Morgan fingerprint density at radius 2 is 1.61 bits per heavy atom. The van der Waals surface area contributed by atoms with Crippen LogP contribution < -0.4 is 5.32 Å². The Hall–Kier alpha value is -3.66. The van der Waals surface area contributed by atoms with E-state index in [2.05, 4.69) is 62.5 Å². The second-order valence-electron chi connectivity index (χ2n) is 9.08. The van der Waals surface area contributed by atoms with Crippen LogP contribution in [0.5, 0.6) is 0 Å². The van der Waals surface area contributed by atoms with Crippen molar-refractivity contribution in [3.63, 3.8) is 0 Å². The monoisotopic (exact) mass is 439 g/mol. The van der Waals surface area contributed by atoms with Crippen molar-refractivity contribution in [3.05, 3.63) is 106 Å². The highest BCUT2D eigenvalue weighted by Gasteiger charge is 2.29. The van der Waals surface area contributed by atoms with Crippen molar-refractivity contribution >= 4 is 23.1 Å². The fourth-order valence-electron chi connectivity index (χ4n) is 4.19. The van der Waals surface area contributed by atoms with Crippen molar-refractivity contribution in [2.24, 2.45) is 0 Å². The number of hydrogen-bond acceptors (Lipinski definition) is 3. The van der Waals surface area contributed by atoms with Crippen molar-refractivity contribution < 1.29 is 14.3 Å². The van der Waals surface area contributed by atoms with Crippen LogP contribution in [0.4, 0.5) is 5.69 Å². The molecule has 1 N–H and O–H groups in total. The molecule has 3 aromatic rings. The Labute approximate surface area is 195 Å². The third kappa shape index (κ3) is 4.75. The van der Waals surface area contributed by atoms with E-state index < -0.39 is 0 Å². The fraction of sp³-hybridized carbons (Fsp3) is 0.241. The number of hydrogen-bond donors (Lipinski definition) is 1. The molecule has 0 radical (unpaired) electrons. The van der Waals surface area contributed by atoms with Crippen LogP contribution in [0.25, 0.3) is 5.57 Å². The van der Waals surface area contributed by atoms with E-state index in [0.717, 1.165) is 23.1 Å². The lowest BCUT2D eigenvalue weighted by molar-refractivity contribution is 0.0526. The van der Waals surface area contributed by atoms with Crippen molar-refractivity contribution in [2.45, 2.75) is 39.5 Å². The van der Waals surface area contributed by atoms with Gasteiger partial charge in [0.05, 0.1) is 12.2 Å². The number of benzene rings is 3. The predicted octanol–water partition coefficient (Wildman–Crippen LogP) is 6.54. The third-order valence-corrected chi connectivity index (χ3v) is 6.13. The molecule has 0 saturated heterocycles. The molecular formula is C29H29NO3. The number of esters is 1. The van der Waals surface area contributed by atoms with Crippen LogP contribution in [-0.2, 0) is 10.2 Å². The van der Waals surface area contributed by atoms with Crippen molar-refractivity contribution in [3.8, 4) is 0 Å². The highest BCUT2D eigenvalue weighted by Crippen LogP contribution is 2.41. The van der Waals surface area contributed by atoms with E-state index in [4.69, 9.17) is 4.74 Å². The first-order valence-corrected chi connectivity index (χ1v) is 11.3. The van der Waals surface area contributed by atoms with E-state index >= 15 is 0 Å². The Morgan fingerprint density at radius 3 is 2.27 bits per heavy atom. The van der Waals surface area contributed by atoms with Gasteiger partial charge in [-0.1, -0.05) is 55.8 Å². The highest BCUT2D eigenvalue weighted by atomic mass is 16.5. The maximum Gasteiger partial charge on any atom is 0.338 e. The molecule has 0 fully saturated rings. The van der Waals surface area contributed by atoms with Gasteiger partial charge in [0.1, 0.15) is 0 Å². The fourth-order valence-corrected chi connectivity index (χ4v) is 4.19. The Balaban J connectivity index is 1.62.